The quantitative estimate of drug-likeness (QED) is 0.233. The fourth-order valence-corrected chi connectivity index (χ4v) is 3.41. The zero-order chi connectivity index (χ0) is 25.2. The topological polar surface area (TPSA) is 151 Å². The first kappa shape index (κ1) is 25.2. The van der Waals surface area contributed by atoms with E-state index >= 15 is 0 Å². The van der Waals surface area contributed by atoms with Crippen molar-refractivity contribution in [2.24, 2.45) is 0 Å². The fourth-order valence-electron chi connectivity index (χ4n) is 3.41. The van der Waals surface area contributed by atoms with E-state index in [1.165, 1.54) is 6.92 Å². The Morgan fingerprint density at radius 1 is 1.21 bits per heavy atom. The molecule has 2 fully saturated rings. The molecule has 1 saturated carbocycles. The van der Waals surface area contributed by atoms with Gasteiger partial charge in [0, 0.05) is 5.92 Å². The number of Topliss-reactive ketones (excluding diaryl/α,β-unsaturated/α-hetero) is 1. The van der Waals surface area contributed by atoms with E-state index in [-0.39, 0.29) is 43.0 Å². The van der Waals surface area contributed by atoms with Gasteiger partial charge < -0.3 is 19.1 Å². The van der Waals surface area contributed by atoms with Gasteiger partial charge in [-0.3, -0.25) is 14.9 Å². The molecule has 186 valence electrons. The van der Waals surface area contributed by atoms with Gasteiger partial charge in [-0.1, -0.05) is 0 Å². The van der Waals surface area contributed by atoms with Crippen molar-refractivity contribution in [1.29, 1.82) is 0 Å². The number of hydrogen-bond acceptors (Lipinski definition) is 10. The SMILES string of the molecule is CCOC(=O)C(=O)Cc1nc(O[C@H]2CN(C(=O)OC(C)(C)C)C[C@H]2F)nc(C2CC2)c1[N+](=O)[O-]. The summed E-state index contributed by atoms with van der Waals surface area (Å²) in [5.41, 5.74) is -1.47. The Kier molecular flexibility index (Phi) is 7.32. The summed E-state index contributed by atoms with van der Waals surface area (Å²) in [6, 6.07) is -0.363. The summed E-state index contributed by atoms with van der Waals surface area (Å²) < 4.78 is 30.1. The number of halogens is 1. The molecule has 34 heavy (non-hydrogen) atoms. The van der Waals surface area contributed by atoms with Gasteiger partial charge in [-0.05, 0) is 40.5 Å². The molecule has 13 heteroatoms. The number of likely N-dealkylation sites (tertiary alicyclic amines) is 1. The van der Waals surface area contributed by atoms with Crippen LogP contribution in [0.5, 0.6) is 6.01 Å². The van der Waals surface area contributed by atoms with Gasteiger partial charge in [0.25, 0.3) is 0 Å². The van der Waals surface area contributed by atoms with E-state index < -0.39 is 52.8 Å². The summed E-state index contributed by atoms with van der Waals surface area (Å²) >= 11 is 0. The highest BCUT2D eigenvalue weighted by atomic mass is 19.1. The van der Waals surface area contributed by atoms with Crippen molar-refractivity contribution in [1.82, 2.24) is 14.9 Å². The van der Waals surface area contributed by atoms with Crippen LogP contribution in [0.2, 0.25) is 0 Å². The number of nitro groups is 1. The molecule has 2 atom stereocenters. The second-order valence-electron chi connectivity index (χ2n) is 9.10. The van der Waals surface area contributed by atoms with E-state index in [0.29, 0.717) is 12.8 Å². The zero-order valence-corrected chi connectivity index (χ0v) is 19.4. The molecule has 1 aliphatic carbocycles. The van der Waals surface area contributed by atoms with Crippen molar-refractivity contribution in [3.8, 4) is 6.01 Å². The summed E-state index contributed by atoms with van der Waals surface area (Å²) in [6.07, 6.45) is -2.84. The lowest BCUT2D eigenvalue weighted by Gasteiger charge is -2.24. The highest BCUT2D eigenvalue weighted by molar-refractivity contribution is 6.34. The van der Waals surface area contributed by atoms with Crippen LogP contribution in [0.1, 0.15) is 57.8 Å². The van der Waals surface area contributed by atoms with E-state index in [4.69, 9.17) is 9.47 Å². The zero-order valence-electron chi connectivity index (χ0n) is 19.4. The van der Waals surface area contributed by atoms with Gasteiger partial charge in [-0.15, -0.1) is 0 Å². The Morgan fingerprint density at radius 2 is 1.88 bits per heavy atom. The van der Waals surface area contributed by atoms with Crippen LogP contribution in [0.4, 0.5) is 14.9 Å². The summed E-state index contributed by atoms with van der Waals surface area (Å²) in [7, 11) is 0. The van der Waals surface area contributed by atoms with Crippen LogP contribution >= 0.6 is 0 Å². The molecule has 0 bridgehead atoms. The lowest BCUT2D eigenvalue weighted by atomic mass is 10.1. The Bertz CT molecular complexity index is 992. The van der Waals surface area contributed by atoms with E-state index in [2.05, 4.69) is 14.7 Å². The molecule has 1 saturated heterocycles. The molecule has 0 N–H and O–H groups in total. The second-order valence-corrected chi connectivity index (χ2v) is 9.10. The van der Waals surface area contributed by atoms with Crippen LogP contribution in [0, 0.1) is 10.1 Å². The third-order valence-electron chi connectivity index (χ3n) is 5.05. The predicted octanol–water partition coefficient (Wildman–Crippen LogP) is 2.27. The van der Waals surface area contributed by atoms with Crippen LogP contribution in [0.25, 0.3) is 0 Å². The van der Waals surface area contributed by atoms with Crippen LogP contribution in [0.15, 0.2) is 0 Å². The lowest BCUT2D eigenvalue weighted by Crippen LogP contribution is -2.36. The fraction of sp³-hybridized carbons (Fsp3) is 0.667. The van der Waals surface area contributed by atoms with E-state index in [0.717, 1.165) is 4.90 Å². The van der Waals surface area contributed by atoms with Gasteiger partial charge in [0.1, 0.15) is 17.0 Å². The molecule has 1 aromatic heterocycles. The van der Waals surface area contributed by atoms with E-state index in [1.807, 2.05) is 0 Å². The molecule has 0 radical (unpaired) electrons. The third-order valence-corrected chi connectivity index (χ3v) is 5.05. The molecule has 0 aromatic carbocycles. The molecule has 0 spiro atoms. The number of nitrogens with zero attached hydrogens (tertiary/aromatic N) is 4. The smallest absolute Gasteiger partial charge is 0.410 e. The Hall–Kier alpha value is -3.38. The number of alkyl halides is 1. The van der Waals surface area contributed by atoms with Gasteiger partial charge >= 0.3 is 23.8 Å². The molecule has 1 aromatic rings. The molecule has 2 heterocycles. The first-order valence-electron chi connectivity index (χ1n) is 10.9. The minimum absolute atomic E-state index is 0.0359. The molecule has 1 aliphatic heterocycles. The average molecular weight is 482 g/mol. The predicted molar refractivity (Wildman–Crippen MR) is 113 cm³/mol. The number of carbonyl (C=O) groups excluding carboxylic acids is 3. The van der Waals surface area contributed by atoms with E-state index in [9.17, 15) is 28.9 Å². The summed E-state index contributed by atoms with van der Waals surface area (Å²) in [4.78, 5) is 56.5. The Balaban J connectivity index is 1.85. The number of esters is 1. The van der Waals surface area contributed by atoms with Crippen LogP contribution < -0.4 is 4.74 Å². The van der Waals surface area contributed by atoms with Crippen LogP contribution in [0.3, 0.4) is 0 Å². The molecular formula is C21H27FN4O8. The lowest BCUT2D eigenvalue weighted by molar-refractivity contribution is -0.387. The highest BCUT2D eigenvalue weighted by Gasteiger charge is 2.41. The number of carbonyl (C=O) groups is 3. The molecular weight excluding hydrogens is 455 g/mol. The van der Waals surface area contributed by atoms with Gasteiger partial charge in [0.15, 0.2) is 12.3 Å². The first-order valence-corrected chi connectivity index (χ1v) is 10.9. The summed E-state index contributed by atoms with van der Waals surface area (Å²) in [6.45, 7) is 6.13. The van der Waals surface area contributed by atoms with Gasteiger partial charge in [0.2, 0.25) is 5.78 Å². The number of hydrogen-bond donors (Lipinski definition) is 0. The minimum atomic E-state index is -1.58. The monoisotopic (exact) mass is 482 g/mol. The van der Waals surface area contributed by atoms with Crippen LogP contribution in [-0.4, -0.2) is 75.2 Å². The van der Waals surface area contributed by atoms with Crippen LogP contribution in [-0.2, 0) is 25.5 Å². The highest BCUT2D eigenvalue weighted by Crippen LogP contribution is 2.44. The summed E-state index contributed by atoms with van der Waals surface area (Å²) in [5, 5.41) is 11.7. The minimum Gasteiger partial charge on any atom is -0.460 e. The maximum Gasteiger partial charge on any atom is 0.410 e. The number of ether oxygens (including phenoxy) is 3. The maximum absolute atomic E-state index is 14.6. The third kappa shape index (κ3) is 6.14. The molecule has 1 amide bonds. The van der Waals surface area contributed by atoms with Crippen molar-refractivity contribution in [2.75, 3.05) is 19.7 Å². The molecule has 12 nitrogen and oxygen atoms in total. The second kappa shape index (κ2) is 9.85. The number of ketones is 1. The van der Waals surface area contributed by atoms with Gasteiger partial charge in [0.05, 0.1) is 31.0 Å². The Labute approximate surface area is 194 Å². The van der Waals surface area contributed by atoms with E-state index in [1.54, 1.807) is 20.8 Å². The van der Waals surface area contributed by atoms with Crippen molar-refractivity contribution >= 4 is 23.5 Å². The van der Waals surface area contributed by atoms with Crippen molar-refractivity contribution in [3.05, 3.63) is 21.5 Å². The van der Waals surface area contributed by atoms with Gasteiger partial charge in [-0.25, -0.2) is 14.0 Å². The van der Waals surface area contributed by atoms with Gasteiger partial charge in [-0.2, -0.15) is 9.97 Å². The first-order chi connectivity index (χ1) is 15.9. The molecule has 0 unspecified atom stereocenters. The summed E-state index contributed by atoms with van der Waals surface area (Å²) in [5.74, 6) is -2.39. The number of rotatable bonds is 8. The normalized spacial score (nSPS) is 20.1. The average Bonchev–Trinajstić information content (AvgIpc) is 3.50. The standard InChI is InChI=1S/C21H27FN4O8/c1-5-32-18(28)14(27)8-13-17(26(30)31)16(11-6-7-11)24-19(23-13)33-15-10-25(9-12(15)22)20(29)34-21(2,3)4/h11-12,15H,5-10H2,1-4H3/t12-,15+/m1/s1. The van der Waals surface area contributed by atoms with Crippen molar-refractivity contribution in [2.45, 2.75) is 70.8 Å². The Morgan fingerprint density at radius 3 is 2.44 bits per heavy atom. The molecule has 2 aliphatic rings. The van der Waals surface area contributed by atoms with Crippen molar-refractivity contribution in [3.63, 3.8) is 0 Å². The number of aromatic nitrogens is 2. The maximum atomic E-state index is 14.6. The molecule has 3 rings (SSSR count). The number of amides is 1. The van der Waals surface area contributed by atoms with Crippen molar-refractivity contribution < 1.29 is 37.9 Å². The largest absolute Gasteiger partial charge is 0.460 e.